The van der Waals surface area contributed by atoms with Crippen molar-refractivity contribution in [3.63, 3.8) is 0 Å². The van der Waals surface area contributed by atoms with E-state index < -0.39 is 11.9 Å². The molecule has 22 heavy (non-hydrogen) atoms. The molecular formula is C17H18O5. The molecule has 0 heterocycles. The topological polar surface area (TPSA) is 76.0 Å². The summed E-state index contributed by atoms with van der Waals surface area (Å²) in [7, 11) is 3.04. The van der Waals surface area contributed by atoms with Crippen LogP contribution in [-0.4, -0.2) is 36.3 Å². The summed E-state index contributed by atoms with van der Waals surface area (Å²) < 4.78 is 10.0. The minimum absolute atomic E-state index is 0.0711. The number of hydrogen-bond donors (Lipinski definition) is 2. The van der Waals surface area contributed by atoms with E-state index in [1.807, 2.05) is 0 Å². The first-order valence-corrected chi connectivity index (χ1v) is 6.77. The van der Waals surface area contributed by atoms with Crippen molar-refractivity contribution in [2.75, 3.05) is 14.2 Å². The van der Waals surface area contributed by atoms with E-state index in [-0.39, 0.29) is 17.7 Å². The Balaban J connectivity index is 2.11. The summed E-state index contributed by atoms with van der Waals surface area (Å²) in [6, 6.07) is 11.4. The van der Waals surface area contributed by atoms with Gasteiger partial charge < -0.3 is 19.7 Å². The van der Waals surface area contributed by atoms with E-state index >= 15 is 0 Å². The summed E-state index contributed by atoms with van der Waals surface area (Å²) in [5, 5.41) is 19.9. The van der Waals surface area contributed by atoms with E-state index in [0.717, 1.165) is 5.56 Å². The minimum Gasteiger partial charge on any atom is -0.507 e. The van der Waals surface area contributed by atoms with Gasteiger partial charge in [0.15, 0.2) is 5.78 Å². The van der Waals surface area contributed by atoms with Crippen LogP contribution >= 0.6 is 0 Å². The number of methoxy groups -OCH3 is 2. The number of carbonyl (C=O) groups excluding carboxylic acids is 1. The van der Waals surface area contributed by atoms with Crippen molar-refractivity contribution in [2.45, 2.75) is 12.5 Å². The van der Waals surface area contributed by atoms with Gasteiger partial charge in [0, 0.05) is 12.5 Å². The molecule has 0 spiro atoms. The van der Waals surface area contributed by atoms with Crippen LogP contribution in [0.2, 0.25) is 0 Å². The third-order valence-electron chi connectivity index (χ3n) is 3.36. The maximum absolute atomic E-state index is 12.2. The van der Waals surface area contributed by atoms with Gasteiger partial charge >= 0.3 is 0 Å². The zero-order valence-corrected chi connectivity index (χ0v) is 12.4. The van der Waals surface area contributed by atoms with Gasteiger partial charge in [0.1, 0.15) is 23.4 Å². The average molecular weight is 302 g/mol. The van der Waals surface area contributed by atoms with Gasteiger partial charge in [-0.05, 0) is 29.8 Å². The molecule has 0 fully saturated rings. The van der Waals surface area contributed by atoms with Crippen molar-refractivity contribution in [2.24, 2.45) is 0 Å². The van der Waals surface area contributed by atoms with Crippen molar-refractivity contribution in [3.8, 4) is 17.2 Å². The zero-order valence-electron chi connectivity index (χ0n) is 12.4. The number of phenolic OH excluding ortho intramolecular Hbond substituents is 1. The van der Waals surface area contributed by atoms with E-state index in [9.17, 15) is 15.0 Å². The van der Waals surface area contributed by atoms with Crippen molar-refractivity contribution in [3.05, 3.63) is 53.6 Å². The maximum Gasteiger partial charge on any atom is 0.195 e. The van der Waals surface area contributed by atoms with Gasteiger partial charge in [-0.2, -0.15) is 0 Å². The summed E-state index contributed by atoms with van der Waals surface area (Å²) in [5.74, 6) is 0.408. The molecule has 0 aromatic heterocycles. The van der Waals surface area contributed by atoms with E-state index in [0.29, 0.717) is 11.5 Å². The number of rotatable bonds is 6. The number of ketones is 1. The third-order valence-corrected chi connectivity index (χ3v) is 3.36. The Kier molecular flexibility index (Phi) is 5.01. The van der Waals surface area contributed by atoms with Crippen LogP contribution in [0, 0.1) is 0 Å². The molecule has 2 rings (SSSR count). The lowest BCUT2D eigenvalue weighted by Crippen LogP contribution is -2.23. The predicted octanol–water partition coefficient (Wildman–Crippen LogP) is 2.20. The molecular weight excluding hydrogens is 284 g/mol. The van der Waals surface area contributed by atoms with Crippen molar-refractivity contribution in [1.82, 2.24) is 0 Å². The van der Waals surface area contributed by atoms with E-state index in [2.05, 4.69) is 0 Å². The van der Waals surface area contributed by atoms with Crippen LogP contribution in [0.25, 0.3) is 0 Å². The van der Waals surface area contributed by atoms with Crippen LogP contribution in [0.15, 0.2) is 42.5 Å². The van der Waals surface area contributed by atoms with Crippen LogP contribution in [-0.2, 0) is 6.42 Å². The van der Waals surface area contributed by atoms with Crippen molar-refractivity contribution in [1.29, 1.82) is 0 Å². The van der Waals surface area contributed by atoms with Crippen LogP contribution in [0.3, 0.4) is 0 Å². The summed E-state index contributed by atoms with van der Waals surface area (Å²) in [6.45, 7) is 0. The molecule has 2 aromatic rings. The number of hydrogen-bond acceptors (Lipinski definition) is 5. The Hall–Kier alpha value is -2.53. The van der Waals surface area contributed by atoms with E-state index in [1.165, 1.54) is 19.2 Å². The highest BCUT2D eigenvalue weighted by molar-refractivity contribution is 6.01. The predicted molar refractivity (Wildman–Crippen MR) is 81.7 cm³/mol. The van der Waals surface area contributed by atoms with Gasteiger partial charge in [0.25, 0.3) is 0 Å². The highest BCUT2D eigenvalue weighted by Crippen LogP contribution is 2.25. The molecule has 0 radical (unpaired) electrons. The fourth-order valence-electron chi connectivity index (χ4n) is 2.10. The lowest BCUT2D eigenvalue weighted by Gasteiger charge is -2.12. The van der Waals surface area contributed by atoms with Crippen LogP contribution in [0.1, 0.15) is 15.9 Å². The molecule has 2 aromatic carbocycles. The average Bonchev–Trinajstić information content (AvgIpc) is 2.54. The SMILES string of the molecule is COc1ccc(C[C@H](O)C(=O)c2ccc(OC)cc2O)cc1. The molecule has 0 aliphatic carbocycles. The molecule has 0 aliphatic rings. The lowest BCUT2D eigenvalue weighted by molar-refractivity contribution is 0.0745. The Labute approximate surface area is 128 Å². The van der Waals surface area contributed by atoms with Gasteiger partial charge in [-0.1, -0.05) is 12.1 Å². The monoisotopic (exact) mass is 302 g/mol. The van der Waals surface area contributed by atoms with Crippen LogP contribution < -0.4 is 9.47 Å². The second kappa shape index (κ2) is 6.95. The molecule has 0 amide bonds. The molecule has 2 N–H and O–H groups in total. The number of Topliss-reactive ketones (excluding diaryl/α,β-unsaturated/α-hetero) is 1. The zero-order chi connectivity index (χ0) is 16.1. The molecule has 116 valence electrons. The Bertz CT molecular complexity index is 649. The number of phenols is 1. The van der Waals surface area contributed by atoms with Crippen molar-refractivity contribution < 1.29 is 24.5 Å². The molecule has 0 saturated heterocycles. The standard InChI is InChI=1S/C17H18O5/c1-21-12-5-3-11(4-6-12)9-16(19)17(20)14-8-7-13(22-2)10-15(14)18/h3-8,10,16,18-19H,9H2,1-2H3/t16-/m0/s1. The smallest absolute Gasteiger partial charge is 0.195 e. The fraction of sp³-hybridized carbons (Fsp3) is 0.235. The number of aromatic hydroxyl groups is 1. The second-order valence-corrected chi connectivity index (χ2v) is 4.82. The van der Waals surface area contributed by atoms with Gasteiger partial charge in [0.05, 0.1) is 19.8 Å². The van der Waals surface area contributed by atoms with Crippen LogP contribution in [0.5, 0.6) is 17.2 Å². The molecule has 1 atom stereocenters. The van der Waals surface area contributed by atoms with E-state index in [1.54, 1.807) is 37.4 Å². The largest absolute Gasteiger partial charge is 0.507 e. The first-order valence-electron chi connectivity index (χ1n) is 6.77. The summed E-state index contributed by atoms with van der Waals surface area (Å²) >= 11 is 0. The summed E-state index contributed by atoms with van der Waals surface area (Å²) in [5.41, 5.74) is 0.872. The highest BCUT2D eigenvalue weighted by atomic mass is 16.5. The molecule has 0 bridgehead atoms. The van der Waals surface area contributed by atoms with E-state index in [4.69, 9.17) is 9.47 Å². The summed E-state index contributed by atoms with van der Waals surface area (Å²) in [4.78, 5) is 12.2. The number of aliphatic hydroxyl groups is 1. The Morgan fingerprint density at radius 3 is 2.18 bits per heavy atom. The molecule has 0 aliphatic heterocycles. The first kappa shape index (κ1) is 15.9. The third kappa shape index (κ3) is 3.56. The highest BCUT2D eigenvalue weighted by Gasteiger charge is 2.21. The van der Waals surface area contributed by atoms with Gasteiger partial charge in [-0.25, -0.2) is 0 Å². The Morgan fingerprint density at radius 2 is 1.64 bits per heavy atom. The van der Waals surface area contributed by atoms with Crippen LogP contribution in [0.4, 0.5) is 0 Å². The molecule has 0 saturated carbocycles. The quantitative estimate of drug-likeness (QED) is 0.800. The second-order valence-electron chi connectivity index (χ2n) is 4.82. The van der Waals surface area contributed by atoms with Crippen molar-refractivity contribution >= 4 is 5.78 Å². The Morgan fingerprint density at radius 1 is 1.05 bits per heavy atom. The molecule has 5 heteroatoms. The number of ether oxygens (including phenoxy) is 2. The number of carbonyl (C=O) groups is 1. The first-order chi connectivity index (χ1) is 10.5. The van der Waals surface area contributed by atoms with Gasteiger partial charge in [0.2, 0.25) is 0 Å². The summed E-state index contributed by atoms with van der Waals surface area (Å²) in [6.07, 6.45) is -1.07. The minimum atomic E-state index is -1.23. The fourth-order valence-corrected chi connectivity index (χ4v) is 2.10. The molecule has 5 nitrogen and oxygen atoms in total. The lowest BCUT2D eigenvalue weighted by atomic mass is 9.99. The number of benzene rings is 2. The number of aliphatic hydroxyl groups excluding tert-OH is 1. The van der Waals surface area contributed by atoms with Gasteiger partial charge in [-0.3, -0.25) is 4.79 Å². The molecule has 0 unspecified atom stereocenters. The maximum atomic E-state index is 12.2. The van der Waals surface area contributed by atoms with Gasteiger partial charge in [-0.15, -0.1) is 0 Å². The normalized spacial score (nSPS) is 11.8.